The first-order chi connectivity index (χ1) is 6.68. The highest BCUT2D eigenvalue weighted by Gasteiger charge is 2.13. The van der Waals surface area contributed by atoms with Gasteiger partial charge in [0.25, 0.3) is 5.56 Å². The summed E-state index contributed by atoms with van der Waals surface area (Å²) in [6, 6.07) is 8.52. The van der Waals surface area contributed by atoms with Crippen molar-refractivity contribution in [3.63, 3.8) is 0 Å². The van der Waals surface area contributed by atoms with Gasteiger partial charge < -0.3 is 15.0 Å². The van der Waals surface area contributed by atoms with E-state index in [-0.39, 0.29) is 11.2 Å². The van der Waals surface area contributed by atoms with E-state index in [2.05, 4.69) is 4.98 Å². The number of H-pyrrole nitrogens is 1. The molecule has 4 nitrogen and oxygen atoms in total. The molecule has 0 amide bonds. The topological polar surface area (TPSA) is 73.3 Å². The summed E-state index contributed by atoms with van der Waals surface area (Å²) in [4.78, 5) is 13.8. The molecule has 1 heterocycles. The molecule has 2 aromatic rings. The fraction of sp³-hybridized carbons (Fsp3) is 0. The summed E-state index contributed by atoms with van der Waals surface area (Å²) in [5, 5.41) is 19.0. The fourth-order valence-corrected chi connectivity index (χ4v) is 1.37. The van der Waals surface area contributed by atoms with Crippen LogP contribution in [0.5, 0.6) is 0 Å². The average Bonchev–Trinajstić information content (AvgIpc) is 2.17. The van der Waals surface area contributed by atoms with Gasteiger partial charge in [0.1, 0.15) is 0 Å². The Hall–Kier alpha value is -1.59. The molecule has 0 spiro atoms. The molecule has 5 heteroatoms. The zero-order chi connectivity index (χ0) is 10.1. The van der Waals surface area contributed by atoms with Crippen LogP contribution in [0.4, 0.5) is 0 Å². The summed E-state index contributed by atoms with van der Waals surface area (Å²) in [5.74, 6) is 0. The summed E-state index contributed by atoms with van der Waals surface area (Å²) in [5.41, 5.74) is -0.208. The first-order valence-corrected chi connectivity index (χ1v) is 4.16. The van der Waals surface area contributed by atoms with E-state index in [9.17, 15) is 4.79 Å². The molecule has 0 aliphatic carbocycles. The predicted octanol–water partition coefficient (Wildman–Crippen LogP) is -0.792. The lowest BCUT2D eigenvalue weighted by atomic mass is 9.85. The number of fused-ring (bicyclic) bond motifs is 1. The normalized spacial score (nSPS) is 10.4. The molecular weight excluding hydrogens is 181 g/mol. The molecule has 0 aliphatic rings. The Balaban J connectivity index is 2.79. The summed E-state index contributed by atoms with van der Waals surface area (Å²) in [6.07, 6.45) is 0. The Kier molecular flexibility index (Phi) is 2.11. The van der Waals surface area contributed by atoms with Crippen molar-refractivity contribution in [2.75, 3.05) is 0 Å². The smallest absolute Gasteiger partial charge is 0.422 e. The van der Waals surface area contributed by atoms with Gasteiger partial charge in [-0.1, -0.05) is 18.2 Å². The van der Waals surface area contributed by atoms with Crippen LogP contribution in [-0.4, -0.2) is 22.2 Å². The number of aromatic amines is 1. The van der Waals surface area contributed by atoms with Crippen LogP contribution >= 0.6 is 0 Å². The molecule has 0 radical (unpaired) electrons. The highest BCUT2D eigenvalue weighted by molar-refractivity contribution is 6.57. The maximum atomic E-state index is 11.4. The Morgan fingerprint density at radius 1 is 1.21 bits per heavy atom. The number of hydrogen-bond donors (Lipinski definition) is 3. The first-order valence-electron chi connectivity index (χ1n) is 4.16. The summed E-state index contributed by atoms with van der Waals surface area (Å²) >= 11 is 0. The Morgan fingerprint density at radius 2 is 1.93 bits per heavy atom. The highest BCUT2D eigenvalue weighted by atomic mass is 16.4. The zero-order valence-electron chi connectivity index (χ0n) is 7.27. The maximum absolute atomic E-state index is 11.4. The van der Waals surface area contributed by atoms with Crippen LogP contribution in [0.25, 0.3) is 10.8 Å². The van der Waals surface area contributed by atoms with Crippen molar-refractivity contribution in [3.8, 4) is 0 Å². The second-order valence-corrected chi connectivity index (χ2v) is 3.01. The van der Waals surface area contributed by atoms with Crippen molar-refractivity contribution < 1.29 is 10.0 Å². The number of hydrogen-bond acceptors (Lipinski definition) is 3. The largest absolute Gasteiger partial charge is 0.505 e. The van der Waals surface area contributed by atoms with Crippen molar-refractivity contribution in [2.24, 2.45) is 0 Å². The molecule has 0 atom stereocenters. The van der Waals surface area contributed by atoms with E-state index in [0.29, 0.717) is 10.8 Å². The minimum Gasteiger partial charge on any atom is -0.422 e. The van der Waals surface area contributed by atoms with Gasteiger partial charge in [0.2, 0.25) is 0 Å². The molecule has 2 rings (SSSR count). The summed E-state index contributed by atoms with van der Waals surface area (Å²) < 4.78 is 0. The van der Waals surface area contributed by atoms with Gasteiger partial charge in [-0.25, -0.2) is 0 Å². The summed E-state index contributed by atoms with van der Waals surface area (Å²) in [7, 11) is -1.65. The average molecular weight is 189 g/mol. The highest BCUT2D eigenvalue weighted by Crippen LogP contribution is 2.05. The van der Waals surface area contributed by atoms with Crippen molar-refractivity contribution in [1.29, 1.82) is 0 Å². The number of benzene rings is 1. The van der Waals surface area contributed by atoms with Gasteiger partial charge in [-0.3, -0.25) is 4.79 Å². The van der Waals surface area contributed by atoms with E-state index in [1.54, 1.807) is 30.3 Å². The van der Waals surface area contributed by atoms with E-state index in [1.807, 2.05) is 0 Å². The molecular formula is C9H8BNO3. The molecule has 3 N–H and O–H groups in total. The van der Waals surface area contributed by atoms with E-state index in [0.717, 1.165) is 0 Å². The van der Waals surface area contributed by atoms with Gasteiger partial charge in [-0.15, -0.1) is 0 Å². The number of aromatic nitrogens is 1. The molecule has 14 heavy (non-hydrogen) atoms. The Morgan fingerprint density at radius 3 is 2.64 bits per heavy atom. The summed E-state index contributed by atoms with van der Waals surface area (Å²) in [6.45, 7) is 0. The molecule has 70 valence electrons. The Labute approximate surface area is 80.0 Å². The third-order valence-electron chi connectivity index (χ3n) is 2.05. The lowest BCUT2D eigenvalue weighted by Gasteiger charge is -2.01. The van der Waals surface area contributed by atoms with Crippen LogP contribution in [0.2, 0.25) is 0 Å². The fourth-order valence-electron chi connectivity index (χ4n) is 1.37. The second-order valence-electron chi connectivity index (χ2n) is 3.01. The van der Waals surface area contributed by atoms with Crippen molar-refractivity contribution in [2.45, 2.75) is 0 Å². The molecule has 0 saturated carbocycles. The van der Waals surface area contributed by atoms with Gasteiger partial charge >= 0.3 is 7.12 Å². The van der Waals surface area contributed by atoms with Crippen LogP contribution in [0, 0.1) is 0 Å². The van der Waals surface area contributed by atoms with Gasteiger partial charge in [-0.2, -0.15) is 0 Å². The number of nitrogens with one attached hydrogen (secondary N) is 1. The van der Waals surface area contributed by atoms with Crippen molar-refractivity contribution >= 4 is 23.5 Å². The third kappa shape index (κ3) is 1.43. The third-order valence-corrected chi connectivity index (χ3v) is 2.05. The minimum atomic E-state index is -1.65. The SMILES string of the molecule is O=c1[nH]c(B(O)O)cc2ccccc12. The van der Waals surface area contributed by atoms with Crippen LogP contribution in [0.3, 0.4) is 0 Å². The molecule has 0 aliphatic heterocycles. The molecule has 0 fully saturated rings. The second kappa shape index (κ2) is 3.28. The quantitative estimate of drug-likeness (QED) is 0.514. The van der Waals surface area contributed by atoms with Crippen molar-refractivity contribution in [3.05, 3.63) is 40.7 Å². The van der Waals surface area contributed by atoms with Gasteiger partial charge in [0.15, 0.2) is 0 Å². The lowest BCUT2D eigenvalue weighted by Crippen LogP contribution is -2.36. The maximum Gasteiger partial charge on any atom is 0.505 e. The van der Waals surface area contributed by atoms with Crippen LogP contribution < -0.4 is 11.2 Å². The zero-order valence-corrected chi connectivity index (χ0v) is 7.27. The molecule has 1 aromatic heterocycles. The number of pyridine rings is 1. The lowest BCUT2D eigenvalue weighted by molar-refractivity contribution is 0.424. The van der Waals surface area contributed by atoms with E-state index in [4.69, 9.17) is 10.0 Å². The molecule has 0 bridgehead atoms. The molecule has 1 aromatic carbocycles. The van der Waals surface area contributed by atoms with Gasteiger partial charge in [-0.05, 0) is 17.5 Å². The monoisotopic (exact) mass is 189 g/mol. The molecule has 0 saturated heterocycles. The Bertz CT molecular complexity index is 521. The number of rotatable bonds is 1. The van der Waals surface area contributed by atoms with E-state index in [1.165, 1.54) is 0 Å². The van der Waals surface area contributed by atoms with Crippen molar-refractivity contribution in [1.82, 2.24) is 4.98 Å². The van der Waals surface area contributed by atoms with Crippen LogP contribution in [0.1, 0.15) is 0 Å². The van der Waals surface area contributed by atoms with E-state index < -0.39 is 7.12 Å². The van der Waals surface area contributed by atoms with Crippen LogP contribution in [-0.2, 0) is 0 Å². The predicted molar refractivity (Wildman–Crippen MR) is 54.4 cm³/mol. The first kappa shape index (κ1) is 8.99. The minimum absolute atomic E-state index is 0.105. The standard InChI is InChI=1S/C9H8BNO3/c12-9-7-4-2-1-3-6(7)5-8(11-9)10(13)14/h1-5,13-14H,(H,11,12). The van der Waals surface area contributed by atoms with Gasteiger partial charge in [0.05, 0.1) is 0 Å². The molecule has 0 unspecified atom stereocenters. The van der Waals surface area contributed by atoms with Gasteiger partial charge in [0, 0.05) is 11.0 Å². The van der Waals surface area contributed by atoms with Crippen LogP contribution in [0.15, 0.2) is 35.1 Å². The van der Waals surface area contributed by atoms with E-state index >= 15 is 0 Å².